The van der Waals surface area contributed by atoms with Crippen molar-refractivity contribution in [1.29, 1.82) is 0 Å². The van der Waals surface area contributed by atoms with Crippen LogP contribution in [-0.4, -0.2) is 4.57 Å². The summed E-state index contributed by atoms with van der Waals surface area (Å²) in [7, 11) is 0. The Bertz CT molecular complexity index is 669. The lowest BCUT2D eigenvalue weighted by molar-refractivity contribution is 0.599. The van der Waals surface area contributed by atoms with Gasteiger partial charge in [0.05, 0.1) is 11.7 Å². The molecule has 0 radical (unpaired) electrons. The van der Waals surface area contributed by atoms with Gasteiger partial charge in [0.15, 0.2) is 0 Å². The largest absolute Gasteiger partial charge is 0.377 e. The minimum atomic E-state index is -0.253. The molecule has 5 heteroatoms. The summed E-state index contributed by atoms with van der Waals surface area (Å²) >= 11 is 3.34. The molecule has 1 heterocycles. The SMILES string of the molecule is CCn1cc(NC(C)c2cc(Br)ccc2F)ccc1=O. The first-order chi connectivity index (χ1) is 9.51. The van der Waals surface area contributed by atoms with Crippen LogP contribution in [0.2, 0.25) is 0 Å². The summed E-state index contributed by atoms with van der Waals surface area (Å²) in [5.74, 6) is -0.253. The summed E-state index contributed by atoms with van der Waals surface area (Å²) in [4.78, 5) is 11.5. The minimum Gasteiger partial charge on any atom is -0.377 e. The molecule has 0 spiro atoms. The highest BCUT2D eigenvalue weighted by Gasteiger charge is 2.11. The third-order valence-corrected chi connectivity index (χ3v) is 3.63. The lowest BCUT2D eigenvalue weighted by Crippen LogP contribution is -2.18. The molecule has 0 aliphatic heterocycles. The first-order valence-corrected chi connectivity index (χ1v) is 7.22. The van der Waals surface area contributed by atoms with E-state index < -0.39 is 0 Å². The van der Waals surface area contributed by atoms with Crippen molar-refractivity contribution in [3.05, 3.63) is 62.7 Å². The van der Waals surface area contributed by atoms with Gasteiger partial charge >= 0.3 is 0 Å². The fourth-order valence-electron chi connectivity index (χ4n) is 2.04. The van der Waals surface area contributed by atoms with Crippen LogP contribution < -0.4 is 10.9 Å². The van der Waals surface area contributed by atoms with Gasteiger partial charge in [-0.15, -0.1) is 0 Å². The number of aryl methyl sites for hydroxylation is 1. The summed E-state index contributed by atoms with van der Waals surface area (Å²) in [6, 6.07) is 7.88. The van der Waals surface area contributed by atoms with E-state index in [1.807, 2.05) is 13.8 Å². The zero-order valence-electron chi connectivity index (χ0n) is 11.4. The number of nitrogens with one attached hydrogen (secondary N) is 1. The van der Waals surface area contributed by atoms with E-state index in [9.17, 15) is 9.18 Å². The summed E-state index contributed by atoms with van der Waals surface area (Å²) in [5, 5.41) is 3.21. The van der Waals surface area contributed by atoms with E-state index >= 15 is 0 Å². The molecule has 2 rings (SSSR count). The van der Waals surface area contributed by atoms with Crippen molar-refractivity contribution in [3.63, 3.8) is 0 Å². The van der Waals surface area contributed by atoms with Crippen LogP contribution in [0.4, 0.5) is 10.1 Å². The van der Waals surface area contributed by atoms with Crippen molar-refractivity contribution in [2.45, 2.75) is 26.4 Å². The highest BCUT2D eigenvalue weighted by atomic mass is 79.9. The van der Waals surface area contributed by atoms with Crippen LogP contribution in [-0.2, 0) is 6.54 Å². The molecule has 0 amide bonds. The molecule has 20 heavy (non-hydrogen) atoms. The van der Waals surface area contributed by atoms with Crippen LogP contribution in [0.1, 0.15) is 25.5 Å². The standard InChI is InChI=1S/C15H16BrFN2O/c1-3-19-9-12(5-7-15(19)20)18-10(2)13-8-11(16)4-6-14(13)17/h4-10,18H,3H2,1-2H3. The van der Waals surface area contributed by atoms with Crippen LogP contribution in [0.25, 0.3) is 0 Å². The number of benzene rings is 1. The highest BCUT2D eigenvalue weighted by Crippen LogP contribution is 2.24. The van der Waals surface area contributed by atoms with E-state index in [1.165, 1.54) is 12.1 Å². The van der Waals surface area contributed by atoms with E-state index in [0.717, 1.165) is 10.2 Å². The Kier molecular flexibility index (Phi) is 4.60. The first kappa shape index (κ1) is 14.8. The quantitative estimate of drug-likeness (QED) is 0.915. The molecule has 0 saturated carbocycles. The van der Waals surface area contributed by atoms with E-state index in [2.05, 4.69) is 21.2 Å². The van der Waals surface area contributed by atoms with Crippen LogP contribution in [0.3, 0.4) is 0 Å². The zero-order valence-corrected chi connectivity index (χ0v) is 12.9. The third-order valence-electron chi connectivity index (χ3n) is 3.13. The Balaban J connectivity index is 2.25. The highest BCUT2D eigenvalue weighted by molar-refractivity contribution is 9.10. The van der Waals surface area contributed by atoms with Crippen molar-refractivity contribution >= 4 is 21.6 Å². The molecule has 1 atom stereocenters. The van der Waals surface area contributed by atoms with Crippen molar-refractivity contribution in [2.24, 2.45) is 0 Å². The van der Waals surface area contributed by atoms with Gasteiger partial charge in [0, 0.05) is 28.8 Å². The van der Waals surface area contributed by atoms with Gasteiger partial charge < -0.3 is 9.88 Å². The van der Waals surface area contributed by atoms with Gasteiger partial charge in [-0.3, -0.25) is 4.79 Å². The maximum absolute atomic E-state index is 13.8. The molecule has 0 aliphatic carbocycles. The molecule has 1 N–H and O–H groups in total. The second-order valence-corrected chi connectivity index (χ2v) is 5.49. The van der Waals surface area contributed by atoms with Crippen LogP contribution in [0, 0.1) is 5.82 Å². The average molecular weight is 339 g/mol. The van der Waals surface area contributed by atoms with Crippen LogP contribution >= 0.6 is 15.9 Å². The average Bonchev–Trinajstić information content (AvgIpc) is 2.43. The van der Waals surface area contributed by atoms with Gasteiger partial charge in [-0.25, -0.2) is 4.39 Å². The van der Waals surface area contributed by atoms with Crippen LogP contribution in [0.15, 0.2) is 45.8 Å². The van der Waals surface area contributed by atoms with Gasteiger partial charge in [0.2, 0.25) is 0 Å². The Morgan fingerprint density at radius 1 is 1.35 bits per heavy atom. The van der Waals surface area contributed by atoms with Crippen molar-refractivity contribution in [1.82, 2.24) is 4.57 Å². The second kappa shape index (κ2) is 6.22. The van der Waals surface area contributed by atoms with E-state index in [-0.39, 0.29) is 17.4 Å². The molecule has 1 unspecified atom stereocenters. The molecule has 0 fully saturated rings. The second-order valence-electron chi connectivity index (χ2n) is 4.57. The number of hydrogen-bond acceptors (Lipinski definition) is 2. The molecule has 3 nitrogen and oxygen atoms in total. The molecule has 1 aromatic carbocycles. The van der Waals surface area contributed by atoms with Gasteiger partial charge in [0.25, 0.3) is 5.56 Å². The topological polar surface area (TPSA) is 34.0 Å². The Labute approximate surface area is 125 Å². The van der Waals surface area contributed by atoms with E-state index in [1.54, 1.807) is 29.0 Å². The maximum Gasteiger partial charge on any atom is 0.250 e. The monoisotopic (exact) mass is 338 g/mol. The first-order valence-electron chi connectivity index (χ1n) is 6.43. The number of nitrogens with zero attached hydrogens (tertiary/aromatic N) is 1. The van der Waals surface area contributed by atoms with Crippen molar-refractivity contribution < 1.29 is 4.39 Å². The van der Waals surface area contributed by atoms with Gasteiger partial charge in [-0.1, -0.05) is 15.9 Å². The smallest absolute Gasteiger partial charge is 0.250 e. The summed E-state index contributed by atoms with van der Waals surface area (Å²) in [6.45, 7) is 4.39. The molecule has 1 aromatic heterocycles. The molecule has 2 aromatic rings. The number of halogens is 2. The van der Waals surface area contributed by atoms with Gasteiger partial charge in [0.1, 0.15) is 5.82 Å². The zero-order chi connectivity index (χ0) is 14.7. The summed E-state index contributed by atoms with van der Waals surface area (Å²) in [6.07, 6.45) is 1.74. The normalized spacial score (nSPS) is 12.2. The van der Waals surface area contributed by atoms with E-state index in [0.29, 0.717) is 12.1 Å². The lowest BCUT2D eigenvalue weighted by atomic mass is 10.1. The molecular formula is C15H16BrFN2O. The number of hydrogen-bond donors (Lipinski definition) is 1. The fraction of sp³-hybridized carbons (Fsp3) is 0.267. The molecule has 0 saturated heterocycles. The Morgan fingerprint density at radius 3 is 2.80 bits per heavy atom. The third kappa shape index (κ3) is 3.28. The Hall–Kier alpha value is -1.62. The number of pyridine rings is 1. The molecule has 0 aliphatic rings. The minimum absolute atomic E-state index is 0.0423. The summed E-state index contributed by atoms with van der Waals surface area (Å²) in [5.41, 5.74) is 1.33. The van der Waals surface area contributed by atoms with Crippen molar-refractivity contribution in [3.8, 4) is 0 Å². The number of rotatable bonds is 4. The van der Waals surface area contributed by atoms with Crippen LogP contribution in [0.5, 0.6) is 0 Å². The maximum atomic E-state index is 13.8. The van der Waals surface area contributed by atoms with Gasteiger partial charge in [-0.2, -0.15) is 0 Å². The Morgan fingerprint density at radius 2 is 2.10 bits per heavy atom. The molecular weight excluding hydrogens is 323 g/mol. The number of anilines is 1. The van der Waals surface area contributed by atoms with Gasteiger partial charge in [-0.05, 0) is 38.1 Å². The lowest BCUT2D eigenvalue weighted by Gasteiger charge is -2.17. The van der Waals surface area contributed by atoms with E-state index in [4.69, 9.17) is 0 Å². The van der Waals surface area contributed by atoms with Crippen molar-refractivity contribution in [2.75, 3.05) is 5.32 Å². The molecule has 106 valence electrons. The summed E-state index contributed by atoms with van der Waals surface area (Å²) < 4.78 is 16.3. The predicted octanol–water partition coefficient (Wildman–Crippen LogP) is 3.94. The fourth-order valence-corrected chi connectivity index (χ4v) is 2.42. The molecule has 0 bridgehead atoms. The predicted molar refractivity (Wildman–Crippen MR) is 82.5 cm³/mol. The number of aromatic nitrogens is 1.